The Hall–Kier alpha value is -0.440. The molecule has 0 radical (unpaired) electrons. The Morgan fingerprint density at radius 3 is 1.58 bits per heavy atom. The van der Waals surface area contributed by atoms with E-state index in [4.69, 9.17) is 0 Å². The van der Waals surface area contributed by atoms with E-state index in [1.54, 1.807) is 23.5 Å². The van der Waals surface area contributed by atoms with Crippen molar-refractivity contribution in [3.8, 4) is 0 Å². The van der Waals surface area contributed by atoms with Crippen molar-refractivity contribution in [2.45, 2.75) is 37.9 Å². The molecule has 2 N–H and O–H groups in total. The normalized spacial score (nSPS) is 20.9. The molecule has 8 heteroatoms. The summed E-state index contributed by atoms with van der Waals surface area (Å²) in [6.07, 6.45) is 1.73. The van der Waals surface area contributed by atoms with Crippen molar-refractivity contribution in [3.05, 3.63) is 0 Å². The molecule has 0 aromatic heterocycles. The molecule has 2 atom stereocenters. The zero-order valence-electron chi connectivity index (χ0n) is 14.1. The quantitative estimate of drug-likeness (QED) is 0.509. The second-order valence-electron chi connectivity index (χ2n) is 6.25. The van der Waals surface area contributed by atoms with Crippen LogP contribution in [0.25, 0.3) is 0 Å². The highest BCUT2D eigenvalue weighted by atomic mass is 32.2. The molecular weight excluding hydrogens is 348 g/mol. The summed E-state index contributed by atoms with van der Waals surface area (Å²) in [7, 11) is 0. The van der Waals surface area contributed by atoms with E-state index in [0.29, 0.717) is 24.3 Å². The van der Waals surface area contributed by atoms with Crippen LogP contribution in [0.4, 0.5) is 0 Å². The fraction of sp³-hybridized carbons (Fsp3) is 0.875. The van der Waals surface area contributed by atoms with Crippen molar-refractivity contribution < 1.29 is 19.8 Å². The Labute approximate surface area is 152 Å². The number of hydrogen-bond donors (Lipinski definition) is 2. The van der Waals surface area contributed by atoms with Crippen molar-refractivity contribution in [1.82, 2.24) is 9.80 Å². The summed E-state index contributed by atoms with van der Waals surface area (Å²) in [5.74, 6) is 3.00. The van der Waals surface area contributed by atoms with E-state index in [1.807, 2.05) is 9.80 Å². The maximum absolute atomic E-state index is 11.5. The molecule has 6 nitrogen and oxygen atoms in total. The molecule has 24 heavy (non-hydrogen) atoms. The highest BCUT2D eigenvalue weighted by molar-refractivity contribution is 7.99. The number of carbonyl (C=O) groups excluding carboxylic acids is 2. The predicted molar refractivity (Wildman–Crippen MR) is 98.3 cm³/mol. The number of aliphatic hydroxyl groups is 2. The third-order valence-electron chi connectivity index (χ3n) is 4.38. The standard InChI is InChI=1S/C16H28N2O4S2/c19-13(11-23-9-7-17-5-1-3-15(17)21)14(20)12-24-10-8-18-6-2-4-16(18)22/h13-14,19-20H,1-12H2. The Balaban J connectivity index is 1.48. The van der Waals surface area contributed by atoms with Crippen molar-refractivity contribution >= 4 is 35.3 Å². The van der Waals surface area contributed by atoms with Gasteiger partial charge in [-0.3, -0.25) is 9.59 Å². The molecule has 0 spiro atoms. The van der Waals surface area contributed by atoms with Crippen LogP contribution in [-0.2, 0) is 9.59 Å². The van der Waals surface area contributed by atoms with Crippen LogP contribution in [0.5, 0.6) is 0 Å². The van der Waals surface area contributed by atoms with E-state index in [2.05, 4.69) is 0 Å². The number of aliphatic hydroxyl groups excluding tert-OH is 2. The molecule has 0 aromatic carbocycles. The SMILES string of the molecule is O=C1CCCN1CCSCC(O)C(O)CSCCN1CCCC1=O. The van der Waals surface area contributed by atoms with Crippen molar-refractivity contribution in [3.63, 3.8) is 0 Å². The van der Waals surface area contributed by atoms with Gasteiger partial charge in [-0.25, -0.2) is 0 Å². The van der Waals surface area contributed by atoms with Crippen LogP contribution in [0.1, 0.15) is 25.7 Å². The first-order valence-corrected chi connectivity index (χ1v) is 11.0. The third-order valence-corrected chi connectivity index (χ3v) is 6.47. The fourth-order valence-electron chi connectivity index (χ4n) is 2.86. The Kier molecular flexibility index (Phi) is 8.72. The first kappa shape index (κ1) is 19.9. The number of nitrogens with zero attached hydrogens (tertiary/aromatic N) is 2. The van der Waals surface area contributed by atoms with Gasteiger partial charge in [-0.15, -0.1) is 0 Å². The minimum absolute atomic E-state index is 0.226. The van der Waals surface area contributed by atoms with Gasteiger partial charge in [0.1, 0.15) is 0 Å². The molecular formula is C16H28N2O4S2. The summed E-state index contributed by atoms with van der Waals surface area (Å²) in [5.41, 5.74) is 0. The Morgan fingerprint density at radius 1 is 0.833 bits per heavy atom. The third kappa shape index (κ3) is 6.46. The van der Waals surface area contributed by atoms with Gasteiger partial charge in [-0.2, -0.15) is 23.5 Å². The molecule has 2 aliphatic rings. The molecule has 2 amide bonds. The summed E-state index contributed by atoms with van der Waals surface area (Å²) in [4.78, 5) is 26.7. The zero-order valence-corrected chi connectivity index (χ0v) is 15.7. The second kappa shape index (κ2) is 10.5. The number of thioether (sulfide) groups is 2. The van der Waals surface area contributed by atoms with E-state index in [9.17, 15) is 19.8 Å². The topological polar surface area (TPSA) is 81.1 Å². The van der Waals surface area contributed by atoms with Crippen molar-refractivity contribution in [1.29, 1.82) is 0 Å². The van der Waals surface area contributed by atoms with Crippen LogP contribution in [0.3, 0.4) is 0 Å². The van der Waals surface area contributed by atoms with E-state index >= 15 is 0 Å². The first-order chi connectivity index (χ1) is 11.6. The van der Waals surface area contributed by atoms with Crippen molar-refractivity contribution in [2.24, 2.45) is 0 Å². The van der Waals surface area contributed by atoms with Crippen LogP contribution in [0, 0.1) is 0 Å². The largest absolute Gasteiger partial charge is 0.390 e. The lowest BCUT2D eigenvalue weighted by Crippen LogP contribution is -2.32. The molecule has 2 saturated heterocycles. The smallest absolute Gasteiger partial charge is 0.222 e. The molecule has 2 unspecified atom stereocenters. The minimum Gasteiger partial charge on any atom is -0.390 e. The van der Waals surface area contributed by atoms with Crippen LogP contribution < -0.4 is 0 Å². The van der Waals surface area contributed by atoms with Crippen LogP contribution in [0.2, 0.25) is 0 Å². The highest BCUT2D eigenvalue weighted by Gasteiger charge is 2.21. The summed E-state index contributed by atoms with van der Waals surface area (Å²) < 4.78 is 0. The summed E-state index contributed by atoms with van der Waals surface area (Å²) in [6, 6.07) is 0. The Morgan fingerprint density at radius 2 is 1.25 bits per heavy atom. The monoisotopic (exact) mass is 376 g/mol. The van der Waals surface area contributed by atoms with Gasteiger partial charge in [-0.05, 0) is 12.8 Å². The van der Waals surface area contributed by atoms with Crippen LogP contribution >= 0.6 is 23.5 Å². The number of carbonyl (C=O) groups is 2. The summed E-state index contributed by atoms with van der Waals surface area (Å²) >= 11 is 3.14. The molecule has 0 aromatic rings. The molecule has 0 saturated carbocycles. The van der Waals surface area contributed by atoms with Crippen LogP contribution in [-0.4, -0.2) is 93.2 Å². The van der Waals surface area contributed by atoms with E-state index in [-0.39, 0.29) is 11.8 Å². The van der Waals surface area contributed by atoms with Gasteiger partial charge in [0, 0.05) is 62.0 Å². The number of hydrogen-bond acceptors (Lipinski definition) is 6. The van der Waals surface area contributed by atoms with Crippen molar-refractivity contribution in [2.75, 3.05) is 49.2 Å². The zero-order chi connectivity index (χ0) is 17.4. The highest BCUT2D eigenvalue weighted by Crippen LogP contribution is 2.15. The van der Waals surface area contributed by atoms with Gasteiger partial charge >= 0.3 is 0 Å². The lowest BCUT2D eigenvalue weighted by Gasteiger charge is -2.19. The van der Waals surface area contributed by atoms with Gasteiger partial charge in [0.2, 0.25) is 11.8 Å². The minimum atomic E-state index is -0.745. The van der Waals surface area contributed by atoms with E-state index < -0.39 is 12.2 Å². The maximum Gasteiger partial charge on any atom is 0.222 e. The maximum atomic E-state index is 11.5. The predicted octanol–water partition coefficient (Wildman–Crippen LogP) is 0.419. The fourth-order valence-corrected chi connectivity index (χ4v) is 4.82. The first-order valence-electron chi connectivity index (χ1n) is 8.65. The molecule has 138 valence electrons. The molecule has 2 fully saturated rings. The molecule has 0 aliphatic carbocycles. The van der Waals surface area contributed by atoms with Gasteiger partial charge in [0.25, 0.3) is 0 Å². The average molecular weight is 377 g/mol. The van der Waals surface area contributed by atoms with Gasteiger partial charge < -0.3 is 20.0 Å². The van der Waals surface area contributed by atoms with Crippen LogP contribution in [0.15, 0.2) is 0 Å². The number of likely N-dealkylation sites (tertiary alicyclic amines) is 2. The molecule has 2 aliphatic heterocycles. The van der Waals surface area contributed by atoms with Gasteiger partial charge in [0.05, 0.1) is 12.2 Å². The van der Waals surface area contributed by atoms with Gasteiger partial charge in [0.15, 0.2) is 0 Å². The number of rotatable bonds is 11. The second-order valence-corrected chi connectivity index (χ2v) is 8.55. The van der Waals surface area contributed by atoms with E-state index in [0.717, 1.165) is 50.5 Å². The summed E-state index contributed by atoms with van der Waals surface area (Å²) in [5, 5.41) is 20.0. The summed E-state index contributed by atoms with van der Waals surface area (Å²) in [6.45, 7) is 3.15. The molecule has 0 bridgehead atoms. The van der Waals surface area contributed by atoms with Gasteiger partial charge in [-0.1, -0.05) is 0 Å². The molecule has 2 rings (SSSR count). The lowest BCUT2D eigenvalue weighted by atomic mass is 10.3. The Bertz CT molecular complexity index is 387. The lowest BCUT2D eigenvalue weighted by molar-refractivity contribution is -0.128. The molecule has 2 heterocycles. The number of amides is 2. The van der Waals surface area contributed by atoms with E-state index in [1.165, 1.54) is 0 Å². The average Bonchev–Trinajstić information content (AvgIpc) is 3.16.